The van der Waals surface area contributed by atoms with Crippen LogP contribution in [0.25, 0.3) is 0 Å². The molecule has 0 aromatic carbocycles. The Morgan fingerprint density at radius 2 is 2.07 bits per heavy atom. The fourth-order valence-electron chi connectivity index (χ4n) is 1.23. The molecule has 3 N–H and O–H groups in total. The molecule has 0 saturated heterocycles. The summed E-state index contributed by atoms with van der Waals surface area (Å²) in [6.45, 7) is 4.92. The third-order valence-corrected chi connectivity index (χ3v) is 2.37. The number of unbranched alkanes of at least 4 members (excludes halogenated alkanes) is 2. The Labute approximate surface area is 87.4 Å². The molecule has 0 bridgehead atoms. The van der Waals surface area contributed by atoms with Crippen LogP contribution in [0.2, 0.25) is 0 Å². The molecule has 1 atom stereocenters. The second-order valence-electron chi connectivity index (χ2n) is 3.76. The largest absolute Gasteiger partial charge is 0.356 e. The van der Waals surface area contributed by atoms with Crippen molar-refractivity contribution < 1.29 is 4.79 Å². The molecule has 0 rings (SSSR count). The van der Waals surface area contributed by atoms with Crippen LogP contribution in [0.4, 0.5) is 0 Å². The lowest BCUT2D eigenvalue weighted by Gasteiger charge is -2.09. The molecule has 3 nitrogen and oxygen atoms in total. The van der Waals surface area contributed by atoms with Gasteiger partial charge in [-0.3, -0.25) is 4.79 Å². The van der Waals surface area contributed by atoms with Gasteiger partial charge < -0.3 is 11.1 Å². The van der Waals surface area contributed by atoms with Gasteiger partial charge >= 0.3 is 0 Å². The van der Waals surface area contributed by atoms with Crippen molar-refractivity contribution in [3.05, 3.63) is 0 Å². The first-order valence-electron chi connectivity index (χ1n) is 5.73. The van der Waals surface area contributed by atoms with Crippen molar-refractivity contribution in [3.63, 3.8) is 0 Å². The fraction of sp³-hybridized carbons (Fsp3) is 0.909. The van der Waals surface area contributed by atoms with E-state index in [1.807, 2.05) is 0 Å². The molecule has 84 valence electrons. The van der Waals surface area contributed by atoms with E-state index in [0.717, 1.165) is 38.6 Å². The molecule has 0 saturated carbocycles. The van der Waals surface area contributed by atoms with Crippen LogP contribution in [-0.2, 0) is 4.79 Å². The van der Waals surface area contributed by atoms with E-state index < -0.39 is 0 Å². The number of hydrogen-bond donors (Lipinski definition) is 2. The Bertz CT molecular complexity index is 148. The summed E-state index contributed by atoms with van der Waals surface area (Å²) in [6.07, 6.45) is 5.83. The van der Waals surface area contributed by atoms with E-state index in [4.69, 9.17) is 5.73 Å². The van der Waals surface area contributed by atoms with Crippen LogP contribution in [0.3, 0.4) is 0 Å². The molecule has 0 aliphatic rings. The van der Waals surface area contributed by atoms with E-state index in [0.29, 0.717) is 6.42 Å². The summed E-state index contributed by atoms with van der Waals surface area (Å²) in [5.74, 6) is 0.168. The van der Waals surface area contributed by atoms with Crippen LogP contribution in [0.15, 0.2) is 0 Å². The molecule has 0 fully saturated rings. The minimum absolute atomic E-state index is 0.168. The maximum Gasteiger partial charge on any atom is 0.219 e. The van der Waals surface area contributed by atoms with Crippen LogP contribution in [-0.4, -0.2) is 18.5 Å². The van der Waals surface area contributed by atoms with E-state index in [1.165, 1.54) is 0 Å². The van der Waals surface area contributed by atoms with Crippen LogP contribution in [0.5, 0.6) is 0 Å². The second kappa shape index (κ2) is 9.00. The van der Waals surface area contributed by atoms with Crippen molar-refractivity contribution in [1.29, 1.82) is 0 Å². The number of amides is 1. The van der Waals surface area contributed by atoms with Crippen LogP contribution >= 0.6 is 0 Å². The average molecular weight is 200 g/mol. The Kier molecular flexibility index (Phi) is 8.64. The third-order valence-electron chi connectivity index (χ3n) is 2.37. The highest BCUT2D eigenvalue weighted by Gasteiger charge is 2.02. The number of carbonyl (C=O) groups excluding carboxylic acids is 1. The van der Waals surface area contributed by atoms with Crippen molar-refractivity contribution in [2.45, 2.75) is 58.4 Å². The van der Waals surface area contributed by atoms with Gasteiger partial charge in [0.05, 0.1) is 0 Å². The average Bonchev–Trinajstić information content (AvgIpc) is 2.18. The van der Waals surface area contributed by atoms with E-state index >= 15 is 0 Å². The molecular formula is C11H24N2O. The number of hydrogen-bond acceptors (Lipinski definition) is 2. The first kappa shape index (κ1) is 13.4. The Hall–Kier alpha value is -0.570. The quantitative estimate of drug-likeness (QED) is 0.587. The molecule has 0 aliphatic heterocycles. The van der Waals surface area contributed by atoms with Gasteiger partial charge in [-0.2, -0.15) is 0 Å². The van der Waals surface area contributed by atoms with Gasteiger partial charge in [-0.1, -0.05) is 26.7 Å². The molecule has 14 heavy (non-hydrogen) atoms. The van der Waals surface area contributed by atoms with E-state index in [9.17, 15) is 4.79 Å². The molecule has 0 aromatic rings. The van der Waals surface area contributed by atoms with Crippen molar-refractivity contribution >= 4 is 5.91 Å². The van der Waals surface area contributed by atoms with Crippen molar-refractivity contribution in [2.75, 3.05) is 6.54 Å². The van der Waals surface area contributed by atoms with Gasteiger partial charge in [0.25, 0.3) is 0 Å². The molecule has 0 aliphatic carbocycles. The van der Waals surface area contributed by atoms with Gasteiger partial charge in [-0.25, -0.2) is 0 Å². The van der Waals surface area contributed by atoms with Gasteiger partial charge in [0.1, 0.15) is 0 Å². The molecule has 0 radical (unpaired) electrons. The molecule has 1 unspecified atom stereocenters. The number of nitrogens with two attached hydrogens (primary N) is 1. The highest BCUT2D eigenvalue weighted by atomic mass is 16.1. The molecular weight excluding hydrogens is 176 g/mol. The Morgan fingerprint density at radius 3 is 2.64 bits per heavy atom. The van der Waals surface area contributed by atoms with E-state index in [-0.39, 0.29) is 11.9 Å². The topological polar surface area (TPSA) is 55.1 Å². The normalized spacial score (nSPS) is 12.5. The molecule has 0 heterocycles. The monoisotopic (exact) mass is 200 g/mol. The predicted octanol–water partition coefficient (Wildman–Crippen LogP) is 1.81. The second-order valence-corrected chi connectivity index (χ2v) is 3.76. The van der Waals surface area contributed by atoms with Gasteiger partial charge in [-0.15, -0.1) is 0 Å². The molecule has 0 spiro atoms. The predicted molar refractivity (Wildman–Crippen MR) is 60.0 cm³/mol. The van der Waals surface area contributed by atoms with Crippen molar-refractivity contribution in [2.24, 2.45) is 5.73 Å². The SMILES string of the molecule is CCCCCC(=O)NCCC(N)CC. The molecule has 1 amide bonds. The van der Waals surface area contributed by atoms with Gasteiger partial charge in [0.15, 0.2) is 0 Å². The fourth-order valence-corrected chi connectivity index (χ4v) is 1.23. The maximum atomic E-state index is 11.2. The van der Waals surface area contributed by atoms with Crippen LogP contribution in [0, 0.1) is 0 Å². The summed E-state index contributed by atoms with van der Waals surface area (Å²) in [7, 11) is 0. The van der Waals surface area contributed by atoms with Gasteiger partial charge in [-0.05, 0) is 19.3 Å². The summed E-state index contributed by atoms with van der Waals surface area (Å²) in [4.78, 5) is 11.2. The summed E-state index contributed by atoms with van der Waals surface area (Å²) < 4.78 is 0. The number of carbonyl (C=O) groups is 1. The molecule has 3 heteroatoms. The summed E-state index contributed by atoms with van der Waals surface area (Å²) in [5, 5.41) is 2.89. The first-order valence-corrected chi connectivity index (χ1v) is 5.73. The standard InChI is InChI=1S/C11H24N2O/c1-3-5-6-7-11(14)13-9-8-10(12)4-2/h10H,3-9,12H2,1-2H3,(H,13,14). The third kappa shape index (κ3) is 8.05. The summed E-state index contributed by atoms with van der Waals surface area (Å²) >= 11 is 0. The lowest BCUT2D eigenvalue weighted by molar-refractivity contribution is -0.121. The van der Waals surface area contributed by atoms with E-state index in [1.54, 1.807) is 0 Å². The highest BCUT2D eigenvalue weighted by Crippen LogP contribution is 1.98. The first-order chi connectivity index (χ1) is 6.70. The summed E-state index contributed by atoms with van der Waals surface area (Å²) in [6, 6.07) is 0.228. The van der Waals surface area contributed by atoms with E-state index in [2.05, 4.69) is 19.2 Å². The zero-order valence-electron chi connectivity index (χ0n) is 9.51. The molecule has 0 aromatic heterocycles. The maximum absolute atomic E-state index is 11.2. The van der Waals surface area contributed by atoms with Crippen molar-refractivity contribution in [3.8, 4) is 0 Å². The Morgan fingerprint density at radius 1 is 1.36 bits per heavy atom. The van der Waals surface area contributed by atoms with Crippen molar-refractivity contribution in [1.82, 2.24) is 5.32 Å². The highest BCUT2D eigenvalue weighted by molar-refractivity contribution is 5.75. The minimum Gasteiger partial charge on any atom is -0.356 e. The van der Waals surface area contributed by atoms with Crippen LogP contribution in [0.1, 0.15) is 52.4 Å². The zero-order valence-corrected chi connectivity index (χ0v) is 9.51. The lowest BCUT2D eigenvalue weighted by atomic mass is 10.1. The smallest absolute Gasteiger partial charge is 0.219 e. The number of rotatable bonds is 8. The minimum atomic E-state index is 0.168. The zero-order chi connectivity index (χ0) is 10.8. The Balaban J connectivity index is 3.26. The summed E-state index contributed by atoms with van der Waals surface area (Å²) in [5.41, 5.74) is 5.73. The number of nitrogens with one attached hydrogen (secondary N) is 1. The van der Waals surface area contributed by atoms with Gasteiger partial charge in [0, 0.05) is 19.0 Å². The van der Waals surface area contributed by atoms with Gasteiger partial charge in [0.2, 0.25) is 5.91 Å². The van der Waals surface area contributed by atoms with Crippen LogP contribution < -0.4 is 11.1 Å². The lowest BCUT2D eigenvalue weighted by Crippen LogP contribution is -2.29.